The van der Waals surface area contributed by atoms with Crippen LogP contribution in [0.3, 0.4) is 0 Å². The molecule has 0 heterocycles. The molecule has 3 rings (SSSR count). The molecule has 0 fully saturated rings. The summed E-state index contributed by atoms with van der Waals surface area (Å²) in [7, 11) is 1.83. The first kappa shape index (κ1) is 16.1. The summed E-state index contributed by atoms with van der Waals surface area (Å²) in [5, 5.41) is 2.22. The van der Waals surface area contributed by atoms with E-state index in [4.69, 9.17) is 4.74 Å². The molecule has 3 aromatic rings. The van der Waals surface area contributed by atoms with Gasteiger partial charge in [-0.25, -0.2) is 0 Å². The van der Waals surface area contributed by atoms with Crippen LogP contribution in [0.25, 0.3) is 10.8 Å². The van der Waals surface area contributed by atoms with Gasteiger partial charge in [0.2, 0.25) is 0 Å². The molecule has 0 spiro atoms. The number of rotatable bonds is 5. The molecule has 0 aromatic heterocycles. The summed E-state index contributed by atoms with van der Waals surface area (Å²) in [6, 6.07) is 21.8. The number of hydrogen-bond acceptors (Lipinski definition) is 2. The van der Waals surface area contributed by atoms with Crippen molar-refractivity contribution in [3.05, 3.63) is 77.9 Å². The van der Waals surface area contributed by atoms with Crippen molar-refractivity contribution < 1.29 is 9.53 Å². The predicted octanol–water partition coefficient (Wildman–Crippen LogP) is 4.51. The molecule has 24 heavy (non-hydrogen) atoms. The number of amides is 1. The maximum atomic E-state index is 12.7. The third kappa shape index (κ3) is 3.57. The molecule has 0 radical (unpaired) electrons. The molecular weight excluding hydrogens is 298 g/mol. The first-order chi connectivity index (χ1) is 11.7. The highest BCUT2D eigenvalue weighted by molar-refractivity contribution is 5.98. The quantitative estimate of drug-likeness (QED) is 0.692. The van der Waals surface area contributed by atoms with Gasteiger partial charge < -0.3 is 9.64 Å². The smallest absolute Gasteiger partial charge is 0.253 e. The Hall–Kier alpha value is -2.81. The number of fused-ring (bicyclic) bond motifs is 1. The van der Waals surface area contributed by atoms with Crippen LogP contribution in [0.2, 0.25) is 0 Å². The van der Waals surface area contributed by atoms with Crippen LogP contribution >= 0.6 is 0 Å². The van der Waals surface area contributed by atoms with Gasteiger partial charge in [-0.15, -0.1) is 0 Å². The molecule has 3 aromatic carbocycles. The maximum Gasteiger partial charge on any atom is 0.253 e. The fourth-order valence-electron chi connectivity index (χ4n) is 2.75. The van der Waals surface area contributed by atoms with E-state index < -0.39 is 0 Å². The summed E-state index contributed by atoms with van der Waals surface area (Å²) in [6.07, 6.45) is 0. The molecule has 0 saturated carbocycles. The van der Waals surface area contributed by atoms with Gasteiger partial charge in [0.05, 0.1) is 6.61 Å². The minimum Gasteiger partial charge on any atom is -0.494 e. The largest absolute Gasteiger partial charge is 0.494 e. The lowest BCUT2D eigenvalue weighted by molar-refractivity contribution is 0.0785. The van der Waals surface area contributed by atoms with Crippen LogP contribution in [0.4, 0.5) is 0 Å². The van der Waals surface area contributed by atoms with Gasteiger partial charge in [0, 0.05) is 19.2 Å². The molecule has 0 saturated heterocycles. The van der Waals surface area contributed by atoms with Gasteiger partial charge in [-0.3, -0.25) is 4.79 Å². The standard InChI is InChI=1S/C21H21NO2/c1-3-24-20-12-8-16(9-13-20)15-22(2)21(23)19-11-10-17-6-4-5-7-18(17)14-19/h4-14H,3,15H2,1-2H3. The van der Waals surface area contributed by atoms with Crippen LogP contribution in [0.15, 0.2) is 66.7 Å². The van der Waals surface area contributed by atoms with Gasteiger partial charge in [-0.05, 0) is 47.5 Å². The summed E-state index contributed by atoms with van der Waals surface area (Å²) in [5.41, 5.74) is 1.79. The lowest BCUT2D eigenvalue weighted by atomic mass is 10.1. The van der Waals surface area contributed by atoms with Crippen molar-refractivity contribution in [2.24, 2.45) is 0 Å². The molecule has 122 valence electrons. The number of carbonyl (C=O) groups is 1. The van der Waals surface area contributed by atoms with E-state index in [1.807, 2.05) is 80.7 Å². The molecule has 3 heteroatoms. The van der Waals surface area contributed by atoms with E-state index in [0.717, 1.165) is 22.1 Å². The van der Waals surface area contributed by atoms with Gasteiger partial charge in [0.15, 0.2) is 0 Å². The average molecular weight is 319 g/mol. The van der Waals surface area contributed by atoms with Crippen molar-refractivity contribution in [1.29, 1.82) is 0 Å². The highest BCUT2D eigenvalue weighted by atomic mass is 16.5. The zero-order valence-corrected chi connectivity index (χ0v) is 14.0. The van der Waals surface area contributed by atoms with Crippen LogP contribution in [0.5, 0.6) is 5.75 Å². The Labute approximate surface area is 142 Å². The van der Waals surface area contributed by atoms with Crippen molar-refractivity contribution in [2.45, 2.75) is 13.5 Å². The summed E-state index contributed by atoms with van der Waals surface area (Å²) in [6.45, 7) is 3.18. The van der Waals surface area contributed by atoms with E-state index in [1.54, 1.807) is 4.90 Å². The van der Waals surface area contributed by atoms with E-state index >= 15 is 0 Å². The van der Waals surface area contributed by atoms with Gasteiger partial charge >= 0.3 is 0 Å². The Bertz CT molecular complexity index is 840. The summed E-state index contributed by atoms with van der Waals surface area (Å²) in [5.74, 6) is 0.874. The van der Waals surface area contributed by atoms with Gasteiger partial charge in [-0.1, -0.05) is 42.5 Å². The van der Waals surface area contributed by atoms with Crippen LogP contribution in [-0.2, 0) is 6.54 Å². The molecule has 0 N–H and O–H groups in total. The second-order valence-electron chi connectivity index (χ2n) is 5.80. The van der Waals surface area contributed by atoms with Crippen LogP contribution in [0.1, 0.15) is 22.8 Å². The van der Waals surface area contributed by atoms with Gasteiger partial charge in [-0.2, -0.15) is 0 Å². The Kier molecular flexibility index (Phi) is 4.80. The number of ether oxygens (including phenoxy) is 1. The summed E-state index contributed by atoms with van der Waals surface area (Å²) in [4.78, 5) is 14.4. The van der Waals surface area contributed by atoms with E-state index in [9.17, 15) is 4.79 Å². The Balaban J connectivity index is 1.73. The van der Waals surface area contributed by atoms with Crippen molar-refractivity contribution in [3.63, 3.8) is 0 Å². The first-order valence-electron chi connectivity index (χ1n) is 8.13. The van der Waals surface area contributed by atoms with Crippen molar-refractivity contribution in [2.75, 3.05) is 13.7 Å². The molecule has 0 aliphatic carbocycles. The molecule has 3 nitrogen and oxygen atoms in total. The first-order valence-corrected chi connectivity index (χ1v) is 8.13. The van der Waals surface area contributed by atoms with Crippen molar-refractivity contribution in [1.82, 2.24) is 4.90 Å². The molecular formula is C21H21NO2. The summed E-state index contributed by atoms with van der Waals surface area (Å²) >= 11 is 0. The monoisotopic (exact) mass is 319 g/mol. The number of carbonyl (C=O) groups excluding carboxylic acids is 1. The molecule has 1 amide bonds. The predicted molar refractivity (Wildman–Crippen MR) is 97.4 cm³/mol. The number of benzene rings is 3. The SMILES string of the molecule is CCOc1ccc(CN(C)C(=O)c2ccc3ccccc3c2)cc1. The van der Waals surface area contributed by atoms with Gasteiger partial charge in [0.1, 0.15) is 5.75 Å². The van der Waals surface area contributed by atoms with Gasteiger partial charge in [0.25, 0.3) is 5.91 Å². The second kappa shape index (κ2) is 7.18. The van der Waals surface area contributed by atoms with Crippen molar-refractivity contribution in [3.8, 4) is 5.75 Å². The van der Waals surface area contributed by atoms with E-state index in [1.165, 1.54) is 0 Å². The Morgan fingerprint density at radius 3 is 2.38 bits per heavy atom. The molecule has 0 unspecified atom stereocenters. The topological polar surface area (TPSA) is 29.5 Å². The average Bonchev–Trinajstić information content (AvgIpc) is 2.62. The maximum absolute atomic E-state index is 12.7. The highest BCUT2D eigenvalue weighted by Crippen LogP contribution is 2.18. The van der Waals surface area contributed by atoms with E-state index in [0.29, 0.717) is 18.7 Å². The third-order valence-corrected chi connectivity index (χ3v) is 4.00. The Morgan fingerprint density at radius 1 is 0.958 bits per heavy atom. The minimum absolute atomic E-state index is 0.0228. The number of nitrogens with zero attached hydrogens (tertiary/aromatic N) is 1. The zero-order valence-electron chi connectivity index (χ0n) is 14.0. The van der Waals surface area contributed by atoms with E-state index in [-0.39, 0.29) is 5.91 Å². The van der Waals surface area contributed by atoms with Crippen LogP contribution in [-0.4, -0.2) is 24.5 Å². The zero-order chi connectivity index (χ0) is 16.9. The molecule has 0 aliphatic heterocycles. The fourth-order valence-corrected chi connectivity index (χ4v) is 2.75. The lowest BCUT2D eigenvalue weighted by Gasteiger charge is -2.18. The fraction of sp³-hybridized carbons (Fsp3) is 0.190. The van der Waals surface area contributed by atoms with Crippen LogP contribution in [0, 0.1) is 0 Å². The Morgan fingerprint density at radius 2 is 1.67 bits per heavy atom. The lowest BCUT2D eigenvalue weighted by Crippen LogP contribution is -2.26. The third-order valence-electron chi connectivity index (χ3n) is 4.00. The molecule has 0 atom stereocenters. The summed E-state index contributed by atoms with van der Waals surface area (Å²) < 4.78 is 5.44. The highest BCUT2D eigenvalue weighted by Gasteiger charge is 2.12. The number of hydrogen-bond donors (Lipinski definition) is 0. The molecule has 0 aliphatic rings. The minimum atomic E-state index is 0.0228. The van der Waals surface area contributed by atoms with E-state index in [2.05, 4.69) is 0 Å². The van der Waals surface area contributed by atoms with Crippen molar-refractivity contribution >= 4 is 16.7 Å². The normalized spacial score (nSPS) is 10.6. The second-order valence-corrected chi connectivity index (χ2v) is 5.80. The van der Waals surface area contributed by atoms with Crippen LogP contribution < -0.4 is 4.74 Å². The molecule has 0 bridgehead atoms.